The minimum absolute atomic E-state index is 0.141. The van der Waals surface area contributed by atoms with E-state index in [1.165, 1.54) is 0 Å². The zero-order valence-electron chi connectivity index (χ0n) is 9.07. The first-order valence-corrected chi connectivity index (χ1v) is 5.67. The maximum Gasteiger partial charge on any atom is 0.305 e. The summed E-state index contributed by atoms with van der Waals surface area (Å²) >= 11 is 0. The van der Waals surface area contributed by atoms with Crippen molar-refractivity contribution < 1.29 is 14.3 Å². The van der Waals surface area contributed by atoms with Gasteiger partial charge in [0, 0.05) is 31.3 Å². The predicted molar refractivity (Wildman–Crippen MR) is 54.1 cm³/mol. The third kappa shape index (κ3) is 1.98. The van der Waals surface area contributed by atoms with Crippen LogP contribution in [0.2, 0.25) is 0 Å². The summed E-state index contributed by atoms with van der Waals surface area (Å²) in [6, 6.07) is 0.335. The van der Waals surface area contributed by atoms with Crippen molar-refractivity contribution in [1.82, 2.24) is 4.90 Å². The van der Waals surface area contributed by atoms with Crippen LogP contribution in [0.4, 0.5) is 0 Å². The van der Waals surface area contributed by atoms with Crippen molar-refractivity contribution >= 4 is 11.9 Å². The lowest BCUT2D eigenvalue weighted by Gasteiger charge is -2.19. The fourth-order valence-electron chi connectivity index (χ4n) is 2.53. The second kappa shape index (κ2) is 4.21. The molecule has 1 amide bonds. The van der Waals surface area contributed by atoms with Gasteiger partial charge in [-0.05, 0) is 12.8 Å². The lowest BCUT2D eigenvalue weighted by molar-refractivity contribution is -0.144. The standard InChI is InChI=1S/C11H17NO3/c1-2-11(14)15-7-8-5-6-12-9(8)3-4-10(12)13/h8-9H,2-7H2,1H3. The van der Waals surface area contributed by atoms with Crippen LogP contribution in [0.25, 0.3) is 0 Å². The largest absolute Gasteiger partial charge is 0.465 e. The highest BCUT2D eigenvalue weighted by atomic mass is 16.5. The first kappa shape index (κ1) is 10.5. The summed E-state index contributed by atoms with van der Waals surface area (Å²) in [5.41, 5.74) is 0. The van der Waals surface area contributed by atoms with Gasteiger partial charge >= 0.3 is 5.97 Å². The molecule has 2 saturated heterocycles. The lowest BCUT2D eigenvalue weighted by Crippen LogP contribution is -2.31. The van der Waals surface area contributed by atoms with Crippen LogP contribution in [-0.2, 0) is 14.3 Å². The van der Waals surface area contributed by atoms with E-state index in [4.69, 9.17) is 4.74 Å². The number of amides is 1. The summed E-state index contributed by atoms with van der Waals surface area (Å²) in [6.07, 6.45) is 3.02. The molecule has 15 heavy (non-hydrogen) atoms. The van der Waals surface area contributed by atoms with E-state index in [-0.39, 0.29) is 11.9 Å². The first-order valence-electron chi connectivity index (χ1n) is 5.67. The molecule has 0 saturated carbocycles. The minimum atomic E-state index is -0.141. The van der Waals surface area contributed by atoms with E-state index in [1.807, 2.05) is 4.90 Å². The molecule has 84 valence electrons. The smallest absolute Gasteiger partial charge is 0.305 e. The summed E-state index contributed by atoms with van der Waals surface area (Å²) in [6.45, 7) is 3.13. The van der Waals surface area contributed by atoms with Crippen LogP contribution < -0.4 is 0 Å². The molecule has 0 aromatic rings. The van der Waals surface area contributed by atoms with Crippen molar-refractivity contribution in [3.63, 3.8) is 0 Å². The normalized spacial score (nSPS) is 29.4. The predicted octanol–water partition coefficient (Wildman–Crippen LogP) is 0.951. The second-order valence-electron chi connectivity index (χ2n) is 4.28. The SMILES string of the molecule is CCC(=O)OCC1CCN2C(=O)CCC12. The van der Waals surface area contributed by atoms with E-state index in [0.717, 1.165) is 19.4 Å². The van der Waals surface area contributed by atoms with Gasteiger partial charge in [-0.15, -0.1) is 0 Å². The molecule has 0 aromatic carbocycles. The monoisotopic (exact) mass is 211 g/mol. The molecule has 0 radical (unpaired) electrons. The van der Waals surface area contributed by atoms with Crippen LogP contribution >= 0.6 is 0 Å². The van der Waals surface area contributed by atoms with Crippen molar-refractivity contribution in [2.75, 3.05) is 13.2 Å². The highest BCUT2D eigenvalue weighted by Gasteiger charge is 2.41. The highest BCUT2D eigenvalue weighted by Crippen LogP contribution is 2.33. The summed E-state index contributed by atoms with van der Waals surface area (Å²) in [5, 5.41) is 0. The van der Waals surface area contributed by atoms with Gasteiger partial charge in [-0.2, -0.15) is 0 Å². The number of carbonyl (C=O) groups is 2. The van der Waals surface area contributed by atoms with Gasteiger partial charge < -0.3 is 9.64 Å². The first-order chi connectivity index (χ1) is 7.22. The number of ether oxygens (including phenoxy) is 1. The van der Waals surface area contributed by atoms with Crippen molar-refractivity contribution in [3.8, 4) is 0 Å². The average Bonchev–Trinajstić information content (AvgIpc) is 2.79. The molecular formula is C11H17NO3. The van der Waals surface area contributed by atoms with E-state index in [0.29, 0.717) is 31.4 Å². The third-order valence-corrected chi connectivity index (χ3v) is 3.41. The Hall–Kier alpha value is -1.06. The number of nitrogens with zero attached hydrogens (tertiary/aromatic N) is 1. The highest BCUT2D eigenvalue weighted by molar-refractivity contribution is 5.79. The molecule has 0 N–H and O–H groups in total. The number of fused-ring (bicyclic) bond motifs is 1. The van der Waals surface area contributed by atoms with Crippen LogP contribution in [0, 0.1) is 5.92 Å². The van der Waals surface area contributed by atoms with E-state index in [9.17, 15) is 9.59 Å². The number of esters is 1. The molecule has 0 bridgehead atoms. The van der Waals surface area contributed by atoms with E-state index >= 15 is 0 Å². The summed E-state index contributed by atoms with van der Waals surface area (Å²) in [7, 11) is 0. The Kier molecular flexibility index (Phi) is 2.93. The van der Waals surface area contributed by atoms with Gasteiger partial charge in [-0.3, -0.25) is 9.59 Å². The van der Waals surface area contributed by atoms with E-state index in [1.54, 1.807) is 6.92 Å². The number of hydrogen-bond acceptors (Lipinski definition) is 3. The zero-order valence-corrected chi connectivity index (χ0v) is 9.07. The molecule has 2 aliphatic rings. The topological polar surface area (TPSA) is 46.6 Å². The van der Waals surface area contributed by atoms with Crippen LogP contribution in [0.5, 0.6) is 0 Å². The molecule has 4 nitrogen and oxygen atoms in total. The molecule has 2 rings (SSSR count). The van der Waals surface area contributed by atoms with Gasteiger partial charge in [0.15, 0.2) is 0 Å². The van der Waals surface area contributed by atoms with Crippen LogP contribution in [0.3, 0.4) is 0 Å². The maximum atomic E-state index is 11.4. The second-order valence-corrected chi connectivity index (χ2v) is 4.28. The Morgan fingerprint density at radius 3 is 3.07 bits per heavy atom. The molecule has 0 spiro atoms. The fourth-order valence-corrected chi connectivity index (χ4v) is 2.53. The van der Waals surface area contributed by atoms with E-state index in [2.05, 4.69) is 0 Å². The van der Waals surface area contributed by atoms with Crippen molar-refractivity contribution in [2.24, 2.45) is 5.92 Å². The van der Waals surface area contributed by atoms with Gasteiger partial charge in [-0.1, -0.05) is 6.92 Å². The number of rotatable bonds is 3. The Morgan fingerprint density at radius 2 is 2.33 bits per heavy atom. The maximum absolute atomic E-state index is 11.4. The quantitative estimate of drug-likeness (QED) is 0.653. The molecule has 2 heterocycles. The Labute approximate surface area is 89.6 Å². The van der Waals surface area contributed by atoms with Crippen LogP contribution in [0.15, 0.2) is 0 Å². The molecule has 2 aliphatic heterocycles. The number of hydrogen-bond donors (Lipinski definition) is 0. The molecule has 0 aliphatic carbocycles. The molecular weight excluding hydrogens is 194 g/mol. The molecule has 4 heteroatoms. The van der Waals surface area contributed by atoms with Crippen LogP contribution in [-0.4, -0.2) is 36.0 Å². The van der Waals surface area contributed by atoms with Crippen molar-refractivity contribution in [3.05, 3.63) is 0 Å². The summed E-state index contributed by atoms with van der Waals surface area (Å²) in [4.78, 5) is 24.4. The minimum Gasteiger partial charge on any atom is -0.465 e. The van der Waals surface area contributed by atoms with Crippen LogP contribution in [0.1, 0.15) is 32.6 Å². The Balaban J connectivity index is 1.85. The van der Waals surface area contributed by atoms with Gasteiger partial charge in [0.25, 0.3) is 0 Å². The van der Waals surface area contributed by atoms with Gasteiger partial charge in [0.1, 0.15) is 0 Å². The van der Waals surface area contributed by atoms with Crippen molar-refractivity contribution in [2.45, 2.75) is 38.6 Å². The molecule has 2 unspecified atom stereocenters. The molecule has 2 atom stereocenters. The number of carbonyl (C=O) groups excluding carboxylic acids is 2. The zero-order chi connectivity index (χ0) is 10.8. The van der Waals surface area contributed by atoms with Gasteiger partial charge in [-0.25, -0.2) is 0 Å². The Morgan fingerprint density at radius 1 is 1.53 bits per heavy atom. The van der Waals surface area contributed by atoms with Gasteiger partial charge in [0.05, 0.1) is 6.61 Å². The average molecular weight is 211 g/mol. The molecule has 0 aromatic heterocycles. The van der Waals surface area contributed by atoms with E-state index < -0.39 is 0 Å². The molecule has 2 fully saturated rings. The van der Waals surface area contributed by atoms with Crippen molar-refractivity contribution in [1.29, 1.82) is 0 Å². The fraction of sp³-hybridized carbons (Fsp3) is 0.818. The van der Waals surface area contributed by atoms with Gasteiger partial charge in [0.2, 0.25) is 5.91 Å². The summed E-state index contributed by atoms with van der Waals surface area (Å²) in [5.74, 6) is 0.494. The lowest BCUT2D eigenvalue weighted by atomic mass is 9.99. The third-order valence-electron chi connectivity index (χ3n) is 3.41. The Bertz CT molecular complexity index is 277. The summed E-state index contributed by atoms with van der Waals surface area (Å²) < 4.78 is 5.14.